The predicted molar refractivity (Wildman–Crippen MR) is 37.6 cm³/mol. The third-order valence-corrected chi connectivity index (χ3v) is 1.55. The number of aliphatic hydroxyl groups excluding tert-OH is 1. The van der Waals surface area contributed by atoms with Gasteiger partial charge in [-0.15, -0.1) is 0 Å². The lowest BCUT2D eigenvalue weighted by Gasteiger charge is -2.07. The van der Waals surface area contributed by atoms with E-state index in [2.05, 4.69) is 0 Å². The van der Waals surface area contributed by atoms with Crippen molar-refractivity contribution in [3.8, 4) is 0 Å². The Morgan fingerprint density at radius 3 is 2.60 bits per heavy atom. The van der Waals surface area contributed by atoms with Gasteiger partial charge in [-0.05, 0) is 18.0 Å². The first-order chi connectivity index (χ1) is 4.59. The number of rotatable bonds is 4. The maximum atomic E-state index is 9.93. The number of nitrogens with zero attached hydrogens (tertiary/aromatic N) is 1. The van der Waals surface area contributed by atoms with Crippen LogP contribution in [-0.2, 0) is 0 Å². The summed E-state index contributed by atoms with van der Waals surface area (Å²) in [4.78, 5) is 9.24. The third kappa shape index (κ3) is 2.98. The van der Waals surface area contributed by atoms with Crippen molar-refractivity contribution >= 4 is 11.6 Å². The highest BCUT2D eigenvalue weighted by molar-refractivity contribution is 6.19. The van der Waals surface area contributed by atoms with Crippen molar-refractivity contribution in [3.05, 3.63) is 10.1 Å². The second kappa shape index (κ2) is 4.46. The Morgan fingerprint density at radius 1 is 1.80 bits per heavy atom. The molecule has 1 N–H and O–H groups in total. The van der Waals surface area contributed by atoms with Crippen LogP contribution in [0, 0.1) is 10.1 Å². The van der Waals surface area contributed by atoms with E-state index in [4.69, 9.17) is 16.7 Å². The Bertz CT molecular complexity index is 119. The summed E-state index contributed by atoms with van der Waals surface area (Å²) >= 11 is 5.20. The largest absolute Gasteiger partial charge is 0.384 e. The average Bonchev–Trinajstić information content (AvgIpc) is 1.87. The van der Waals surface area contributed by atoms with Crippen molar-refractivity contribution in [2.75, 3.05) is 0 Å². The minimum atomic E-state index is -1.36. The molecule has 60 valence electrons. The van der Waals surface area contributed by atoms with Crippen molar-refractivity contribution in [2.45, 2.75) is 31.4 Å². The molecule has 0 radical (unpaired) electrons. The summed E-state index contributed by atoms with van der Waals surface area (Å²) in [7, 11) is 0. The SMILES string of the molecule is CCCC(O)C(Cl)[N+](=O)[O-]. The fourth-order valence-electron chi connectivity index (χ4n) is 0.574. The number of hydrogen-bond acceptors (Lipinski definition) is 3. The van der Waals surface area contributed by atoms with E-state index in [9.17, 15) is 10.1 Å². The first kappa shape index (κ1) is 9.65. The van der Waals surface area contributed by atoms with Gasteiger partial charge in [-0.25, -0.2) is 0 Å². The highest BCUT2D eigenvalue weighted by atomic mass is 35.5. The lowest BCUT2D eigenvalue weighted by atomic mass is 10.2. The highest BCUT2D eigenvalue weighted by Gasteiger charge is 2.25. The molecule has 0 spiro atoms. The maximum absolute atomic E-state index is 9.93. The molecule has 0 amide bonds. The smallest absolute Gasteiger partial charge is 0.311 e. The summed E-state index contributed by atoms with van der Waals surface area (Å²) in [6.07, 6.45) is 0.0366. The Labute approximate surface area is 63.9 Å². The summed E-state index contributed by atoms with van der Waals surface area (Å²) in [6, 6.07) is 0. The molecule has 0 aliphatic heterocycles. The van der Waals surface area contributed by atoms with Crippen LogP contribution in [0.5, 0.6) is 0 Å². The molecule has 2 atom stereocenters. The Balaban J connectivity index is 3.69. The van der Waals surface area contributed by atoms with Crippen LogP contribution in [0.15, 0.2) is 0 Å². The third-order valence-electron chi connectivity index (χ3n) is 1.10. The zero-order valence-electron chi connectivity index (χ0n) is 5.66. The molecule has 0 aliphatic carbocycles. The van der Waals surface area contributed by atoms with Crippen LogP contribution in [-0.4, -0.2) is 21.6 Å². The number of nitro groups is 1. The summed E-state index contributed by atoms with van der Waals surface area (Å²) in [5, 5.41) is 18.8. The van der Waals surface area contributed by atoms with E-state index in [1.165, 1.54) is 0 Å². The second-order valence-corrected chi connectivity index (χ2v) is 2.46. The predicted octanol–water partition coefficient (Wildman–Crippen LogP) is 0.989. The van der Waals surface area contributed by atoms with Gasteiger partial charge in [0, 0.05) is 4.92 Å². The summed E-state index contributed by atoms with van der Waals surface area (Å²) < 4.78 is 0. The van der Waals surface area contributed by atoms with E-state index in [0.29, 0.717) is 12.8 Å². The lowest BCUT2D eigenvalue weighted by Crippen LogP contribution is -2.27. The minimum Gasteiger partial charge on any atom is -0.384 e. The van der Waals surface area contributed by atoms with Gasteiger partial charge < -0.3 is 5.11 Å². The molecule has 0 saturated carbocycles. The quantitative estimate of drug-likeness (QED) is 0.294. The van der Waals surface area contributed by atoms with Gasteiger partial charge in [-0.3, -0.25) is 10.1 Å². The number of halogens is 1. The lowest BCUT2D eigenvalue weighted by molar-refractivity contribution is -0.509. The standard InChI is InChI=1S/C5H10ClNO3/c1-2-3-4(8)5(6)7(9)10/h4-5,8H,2-3H2,1H3. The first-order valence-corrected chi connectivity index (χ1v) is 3.48. The van der Waals surface area contributed by atoms with Gasteiger partial charge in [0.25, 0.3) is 0 Å². The summed E-state index contributed by atoms with van der Waals surface area (Å²) in [5.41, 5.74) is -1.36. The van der Waals surface area contributed by atoms with Crippen LogP contribution in [0.4, 0.5) is 0 Å². The van der Waals surface area contributed by atoms with Crippen molar-refractivity contribution in [2.24, 2.45) is 0 Å². The van der Waals surface area contributed by atoms with Gasteiger partial charge in [-0.1, -0.05) is 13.3 Å². The van der Waals surface area contributed by atoms with E-state index < -0.39 is 16.5 Å². The average molecular weight is 168 g/mol. The first-order valence-electron chi connectivity index (χ1n) is 3.05. The highest BCUT2D eigenvalue weighted by Crippen LogP contribution is 2.08. The van der Waals surface area contributed by atoms with E-state index in [-0.39, 0.29) is 0 Å². The van der Waals surface area contributed by atoms with Gasteiger partial charge in [0.2, 0.25) is 0 Å². The van der Waals surface area contributed by atoms with Gasteiger partial charge in [0.05, 0.1) is 0 Å². The minimum absolute atomic E-state index is 0.370. The van der Waals surface area contributed by atoms with Crippen molar-refractivity contribution < 1.29 is 10.0 Å². The number of hydrogen-bond donors (Lipinski definition) is 1. The second-order valence-electron chi connectivity index (χ2n) is 2.01. The monoisotopic (exact) mass is 167 g/mol. The molecule has 0 heterocycles. The molecule has 0 bridgehead atoms. The van der Waals surface area contributed by atoms with Crippen LogP contribution in [0.2, 0.25) is 0 Å². The van der Waals surface area contributed by atoms with Gasteiger partial charge >= 0.3 is 5.50 Å². The van der Waals surface area contributed by atoms with E-state index in [1.807, 2.05) is 6.92 Å². The summed E-state index contributed by atoms with van der Waals surface area (Å²) in [5.74, 6) is 0. The molecule has 10 heavy (non-hydrogen) atoms. The molecule has 0 aromatic rings. The maximum Gasteiger partial charge on any atom is 0.311 e. The van der Waals surface area contributed by atoms with Crippen molar-refractivity contribution in [1.29, 1.82) is 0 Å². The summed E-state index contributed by atoms with van der Waals surface area (Å²) in [6.45, 7) is 1.83. The number of aliphatic hydroxyl groups is 1. The van der Waals surface area contributed by atoms with Crippen LogP contribution >= 0.6 is 11.6 Å². The molecule has 0 aliphatic rings. The Morgan fingerprint density at radius 2 is 2.30 bits per heavy atom. The van der Waals surface area contributed by atoms with Gasteiger partial charge in [0.1, 0.15) is 6.10 Å². The van der Waals surface area contributed by atoms with E-state index in [0.717, 1.165) is 0 Å². The van der Waals surface area contributed by atoms with Crippen LogP contribution < -0.4 is 0 Å². The zero-order valence-corrected chi connectivity index (χ0v) is 6.41. The molecule has 5 heteroatoms. The Kier molecular flexibility index (Phi) is 4.31. The topological polar surface area (TPSA) is 63.4 Å². The van der Waals surface area contributed by atoms with E-state index in [1.54, 1.807) is 0 Å². The van der Waals surface area contributed by atoms with Crippen LogP contribution in [0.3, 0.4) is 0 Å². The van der Waals surface area contributed by atoms with Crippen molar-refractivity contribution in [1.82, 2.24) is 0 Å². The molecule has 0 aromatic heterocycles. The normalized spacial score (nSPS) is 16.3. The zero-order chi connectivity index (χ0) is 8.15. The fourth-order valence-corrected chi connectivity index (χ4v) is 0.700. The van der Waals surface area contributed by atoms with Gasteiger partial charge in [0.15, 0.2) is 0 Å². The molecular weight excluding hydrogens is 158 g/mol. The molecular formula is C5H10ClNO3. The molecule has 0 rings (SSSR count). The van der Waals surface area contributed by atoms with Crippen molar-refractivity contribution in [3.63, 3.8) is 0 Å². The molecule has 4 nitrogen and oxygen atoms in total. The molecule has 0 fully saturated rings. The number of alkyl halides is 1. The Hall–Kier alpha value is -0.350. The molecule has 2 unspecified atom stereocenters. The molecule has 0 aromatic carbocycles. The van der Waals surface area contributed by atoms with Gasteiger partial charge in [-0.2, -0.15) is 0 Å². The molecule has 0 saturated heterocycles. The fraction of sp³-hybridized carbons (Fsp3) is 1.00. The van der Waals surface area contributed by atoms with Crippen LogP contribution in [0.1, 0.15) is 19.8 Å². The van der Waals surface area contributed by atoms with Crippen LogP contribution in [0.25, 0.3) is 0 Å². The van der Waals surface area contributed by atoms with E-state index >= 15 is 0 Å².